The number of hydrogen-bond acceptors (Lipinski definition) is 2. The van der Waals surface area contributed by atoms with Crippen molar-refractivity contribution in [1.29, 1.82) is 0 Å². The fourth-order valence-electron chi connectivity index (χ4n) is 4.24. The third kappa shape index (κ3) is 3.52. The molecule has 0 N–H and O–H groups in total. The number of amides is 1. The molecule has 4 nitrogen and oxygen atoms in total. The van der Waals surface area contributed by atoms with Crippen molar-refractivity contribution in [2.75, 3.05) is 26.3 Å². The molecule has 0 spiro atoms. The highest BCUT2D eigenvalue weighted by Gasteiger charge is 2.18. The first-order chi connectivity index (χ1) is 14.3. The van der Waals surface area contributed by atoms with Crippen LogP contribution in [0.1, 0.15) is 11.1 Å². The SMILES string of the molecule is O=C(Cc1ccc2c3ccccc3n(Cc3ccccc3)c2c1)N1CCOCC1. The Hall–Kier alpha value is -3.11. The van der Waals surface area contributed by atoms with E-state index in [9.17, 15) is 4.79 Å². The van der Waals surface area contributed by atoms with Gasteiger partial charge in [-0.25, -0.2) is 0 Å². The largest absolute Gasteiger partial charge is 0.378 e. The number of benzene rings is 3. The van der Waals surface area contributed by atoms with Crippen molar-refractivity contribution in [3.8, 4) is 0 Å². The van der Waals surface area contributed by atoms with E-state index >= 15 is 0 Å². The molecule has 1 aliphatic heterocycles. The van der Waals surface area contributed by atoms with Gasteiger partial charge in [-0.15, -0.1) is 0 Å². The van der Waals surface area contributed by atoms with Crippen molar-refractivity contribution in [1.82, 2.24) is 9.47 Å². The number of rotatable bonds is 4. The summed E-state index contributed by atoms with van der Waals surface area (Å²) in [6.07, 6.45) is 0.433. The maximum atomic E-state index is 12.7. The standard InChI is InChI=1S/C25H24N2O2/c28-25(26-12-14-29-15-13-26)17-20-10-11-22-21-8-4-5-9-23(21)27(24(22)16-20)18-19-6-2-1-3-7-19/h1-11,16H,12-15,17-18H2. The maximum Gasteiger partial charge on any atom is 0.227 e. The number of morpholine rings is 1. The molecule has 3 aromatic carbocycles. The lowest BCUT2D eigenvalue weighted by atomic mass is 10.1. The molecule has 4 aromatic rings. The Kier molecular flexibility index (Phi) is 4.78. The molecule has 1 aliphatic rings. The van der Waals surface area contributed by atoms with Crippen molar-refractivity contribution in [3.05, 3.63) is 83.9 Å². The van der Waals surface area contributed by atoms with Gasteiger partial charge in [-0.05, 0) is 23.3 Å². The molecule has 4 heteroatoms. The van der Waals surface area contributed by atoms with E-state index in [2.05, 4.69) is 71.3 Å². The van der Waals surface area contributed by atoms with Gasteiger partial charge in [0, 0.05) is 41.4 Å². The summed E-state index contributed by atoms with van der Waals surface area (Å²) in [5.74, 6) is 0.179. The molecule has 1 fully saturated rings. The minimum atomic E-state index is 0.179. The van der Waals surface area contributed by atoms with Crippen molar-refractivity contribution in [2.45, 2.75) is 13.0 Å². The van der Waals surface area contributed by atoms with Crippen molar-refractivity contribution in [3.63, 3.8) is 0 Å². The van der Waals surface area contributed by atoms with Crippen LogP contribution in [0.25, 0.3) is 21.8 Å². The number of carbonyl (C=O) groups is 1. The van der Waals surface area contributed by atoms with Crippen LogP contribution in [0.3, 0.4) is 0 Å². The minimum Gasteiger partial charge on any atom is -0.378 e. The zero-order chi connectivity index (χ0) is 19.6. The van der Waals surface area contributed by atoms with Crippen LogP contribution >= 0.6 is 0 Å². The van der Waals surface area contributed by atoms with E-state index in [1.807, 2.05) is 11.0 Å². The number of nitrogens with zero attached hydrogens (tertiary/aromatic N) is 2. The molecule has 0 radical (unpaired) electrons. The highest BCUT2D eigenvalue weighted by Crippen LogP contribution is 2.30. The average molecular weight is 384 g/mol. The second kappa shape index (κ2) is 7.72. The van der Waals surface area contributed by atoms with Crippen LogP contribution in [-0.4, -0.2) is 41.7 Å². The minimum absolute atomic E-state index is 0.179. The normalized spacial score (nSPS) is 14.6. The lowest BCUT2D eigenvalue weighted by Crippen LogP contribution is -2.41. The summed E-state index contributed by atoms with van der Waals surface area (Å²) in [6.45, 7) is 3.46. The van der Waals surface area contributed by atoms with Crippen LogP contribution in [0.2, 0.25) is 0 Å². The van der Waals surface area contributed by atoms with Crippen molar-refractivity contribution in [2.24, 2.45) is 0 Å². The van der Waals surface area contributed by atoms with Crippen LogP contribution in [0.15, 0.2) is 72.8 Å². The summed E-state index contributed by atoms with van der Waals surface area (Å²) >= 11 is 0. The molecule has 0 aliphatic carbocycles. The van der Waals surface area contributed by atoms with Gasteiger partial charge in [0.05, 0.1) is 19.6 Å². The molecule has 1 aromatic heterocycles. The van der Waals surface area contributed by atoms with Crippen molar-refractivity contribution < 1.29 is 9.53 Å². The highest BCUT2D eigenvalue weighted by atomic mass is 16.5. The van der Waals surface area contributed by atoms with Gasteiger partial charge in [-0.2, -0.15) is 0 Å². The van der Waals surface area contributed by atoms with Gasteiger partial charge in [0.15, 0.2) is 0 Å². The summed E-state index contributed by atoms with van der Waals surface area (Å²) in [6, 6.07) is 25.5. The number of aromatic nitrogens is 1. The van der Waals surface area contributed by atoms with Gasteiger partial charge in [0.1, 0.15) is 0 Å². The summed E-state index contributed by atoms with van der Waals surface area (Å²) in [5.41, 5.74) is 4.74. The molecule has 5 rings (SSSR count). The monoisotopic (exact) mass is 384 g/mol. The molecule has 2 heterocycles. The van der Waals surface area contributed by atoms with Gasteiger partial charge in [0.25, 0.3) is 0 Å². The third-order valence-electron chi connectivity index (χ3n) is 5.74. The number of hydrogen-bond donors (Lipinski definition) is 0. The Balaban J connectivity index is 1.54. The summed E-state index contributed by atoms with van der Waals surface area (Å²) in [5, 5.41) is 2.49. The zero-order valence-corrected chi connectivity index (χ0v) is 16.4. The Bertz CT molecular complexity index is 1160. The average Bonchev–Trinajstić information content (AvgIpc) is 3.08. The third-order valence-corrected chi connectivity index (χ3v) is 5.74. The molecule has 1 saturated heterocycles. The van der Waals surface area contributed by atoms with Crippen LogP contribution in [-0.2, 0) is 22.5 Å². The molecule has 1 amide bonds. The van der Waals surface area contributed by atoms with E-state index in [0.29, 0.717) is 32.7 Å². The second-order valence-corrected chi connectivity index (χ2v) is 7.61. The van der Waals surface area contributed by atoms with E-state index in [0.717, 1.165) is 12.1 Å². The Morgan fingerprint density at radius 1 is 0.793 bits per heavy atom. The van der Waals surface area contributed by atoms with Gasteiger partial charge in [0.2, 0.25) is 5.91 Å². The number of para-hydroxylation sites is 1. The molecule has 0 unspecified atom stereocenters. The fourth-order valence-corrected chi connectivity index (χ4v) is 4.24. The molecule has 29 heavy (non-hydrogen) atoms. The van der Waals surface area contributed by atoms with E-state index in [-0.39, 0.29) is 5.91 Å². The molecular weight excluding hydrogens is 360 g/mol. The number of carbonyl (C=O) groups excluding carboxylic acids is 1. The highest BCUT2D eigenvalue weighted by molar-refractivity contribution is 6.08. The lowest BCUT2D eigenvalue weighted by molar-refractivity contribution is -0.134. The lowest BCUT2D eigenvalue weighted by Gasteiger charge is -2.26. The molecule has 0 atom stereocenters. The number of ether oxygens (including phenoxy) is 1. The van der Waals surface area contributed by atoms with Gasteiger partial charge in [-0.1, -0.05) is 60.7 Å². The Morgan fingerprint density at radius 3 is 2.34 bits per heavy atom. The van der Waals surface area contributed by atoms with E-state index in [1.165, 1.54) is 27.4 Å². The first-order valence-corrected chi connectivity index (χ1v) is 10.2. The summed E-state index contributed by atoms with van der Waals surface area (Å²) < 4.78 is 7.73. The van der Waals surface area contributed by atoms with E-state index in [1.54, 1.807) is 0 Å². The van der Waals surface area contributed by atoms with Gasteiger partial charge >= 0.3 is 0 Å². The van der Waals surface area contributed by atoms with Crippen molar-refractivity contribution >= 4 is 27.7 Å². The first-order valence-electron chi connectivity index (χ1n) is 10.2. The quantitative estimate of drug-likeness (QED) is 0.527. The molecule has 146 valence electrons. The Labute approximate surface area is 170 Å². The predicted octanol–water partition coefficient (Wildman–Crippen LogP) is 4.24. The first kappa shape index (κ1) is 18.0. The second-order valence-electron chi connectivity index (χ2n) is 7.61. The van der Waals surface area contributed by atoms with E-state index in [4.69, 9.17) is 4.74 Å². The number of fused-ring (bicyclic) bond motifs is 3. The summed E-state index contributed by atoms with van der Waals surface area (Å²) in [4.78, 5) is 14.6. The smallest absolute Gasteiger partial charge is 0.227 e. The van der Waals surface area contributed by atoms with Crippen LogP contribution in [0.4, 0.5) is 0 Å². The van der Waals surface area contributed by atoms with Crippen LogP contribution < -0.4 is 0 Å². The van der Waals surface area contributed by atoms with Crippen LogP contribution in [0.5, 0.6) is 0 Å². The molecule has 0 bridgehead atoms. The summed E-state index contributed by atoms with van der Waals surface area (Å²) in [7, 11) is 0. The van der Waals surface area contributed by atoms with E-state index < -0.39 is 0 Å². The van der Waals surface area contributed by atoms with Gasteiger partial charge < -0.3 is 14.2 Å². The zero-order valence-electron chi connectivity index (χ0n) is 16.4. The van der Waals surface area contributed by atoms with Gasteiger partial charge in [-0.3, -0.25) is 4.79 Å². The Morgan fingerprint density at radius 2 is 1.52 bits per heavy atom. The fraction of sp³-hybridized carbons (Fsp3) is 0.240. The molecular formula is C25H24N2O2. The maximum absolute atomic E-state index is 12.7. The molecule has 0 saturated carbocycles. The predicted molar refractivity (Wildman–Crippen MR) is 116 cm³/mol. The van der Waals surface area contributed by atoms with Crippen LogP contribution in [0, 0.1) is 0 Å². The topological polar surface area (TPSA) is 34.5 Å².